The highest BCUT2D eigenvalue weighted by atomic mass is 35.5. The van der Waals surface area contributed by atoms with Crippen LogP contribution in [0.3, 0.4) is 0 Å². The van der Waals surface area contributed by atoms with E-state index >= 15 is 0 Å². The minimum absolute atomic E-state index is 0.0171. The van der Waals surface area contributed by atoms with Crippen molar-refractivity contribution < 1.29 is 14.2 Å². The van der Waals surface area contributed by atoms with Crippen LogP contribution in [0.25, 0.3) is 0 Å². The molecule has 4 heteroatoms. The van der Waals surface area contributed by atoms with Crippen molar-refractivity contribution in [1.29, 1.82) is 0 Å². The van der Waals surface area contributed by atoms with Gasteiger partial charge in [0.05, 0.1) is 16.7 Å². The number of halogens is 2. The molecule has 1 aliphatic carbocycles. The highest BCUT2D eigenvalue weighted by Crippen LogP contribution is 2.43. The predicted octanol–water partition coefficient (Wildman–Crippen LogP) is 4.12. The Kier molecular flexibility index (Phi) is 4.53. The van der Waals surface area contributed by atoms with Crippen molar-refractivity contribution in [1.82, 2.24) is 0 Å². The van der Waals surface area contributed by atoms with Crippen LogP contribution in [0.1, 0.15) is 44.1 Å². The summed E-state index contributed by atoms with van der Waals surface area (Å²) < 4.78 is 19.9. The smallest absolute Gasteiger partial charge is 0.145 e. The van der Waals surface area contributed by atoms with E-state index in [1.54, 1.807) is 12.1 Å². The molecule has 1 N–H and O–H groups in total. The zero-order chi connectivity index (χ0) is 14.9. The summed E-state index contributed by atoms with van der Waals surface area (Å²) in [5.41, 5.74) is 0.485. The molecule has 1 aliphatic heterocycles. The van der Waals surface area contributed by atoms with E-state index in [2.05, 4.69) is 0 Å². The molecule has 0 radical (unpaired) electrons. The monoisotopic (exact) mass is 312 g/mol. The average molecular weight is 313 g/mol. The third kappa shape index (κ3) is 3.25. The molecule has 2 nitrogen and oxygen atoms in total. The molecular formula is C17H22ClFO2. The Morgan fingerprint density at radius 2 is 2.14 bits per heavy atom. The second-order valence-corrected chi connectivity index (χ2v) is 6.88. The summed E-state index contributed by atoms with van der Waals surface area (Å²) in [5.74, 6) is -0.212. The second-order valence-electron chi connectivity index (χ2n) is 6.48. The van der Waals surface area contributed by atoms with E-state index in [1.807, 2.05) is 0 Å². The summed E-state index contributed by atoms with van der Waals surface area (Å²) in [4.78, 5) is 0. The largest absolute Gasteiger partial charge is 0.392 e. The van der Waals surface area contributed by atoms with Crippen LogP contribution in [-0.4, -0.2) is 23.4 Å². The number of ether oxygens (including phenoxy) is 1. The maximum Gasteiger partial charge on any atom is 0.145 e. The number of rotatable bonds is 3. The zero-order valence-corrected chi connectivity index (χ0v) is 12.9. The van der Waals surface area contributed by atoms with E-state index in [0.717, 1.165) is 25.7 Å². The summed E-state index contributed by atoms with van der Waals surface area (Å²) in [5, 5.41) is 10.6. The van der Waals surface area contributed by atoms with E-state index in [4.69, 9.17) is 16.3 Å². The van der Waals surface area contributed by atoms with Crippen LogP contribution in [0.15, 0.2) is 18.2 Å². The quantitative estimate of drug-likeness (QED) is 0.909. The van der Waals surface area contributed by atoms with Gasteiger partial charge in [-0.1, -0.05) is 36.6 Å². The van der Waals surface area contributed by atoms with Crippen molar-refractivity contribution in [3.63, 3.8) is 0 Å². The average Bonchev–Trinajstić information content (AvgIpc) is 2.92. The molecule has 21 heavy (non-hydrogen) atoms. The van der Waals surface area contributed by atoms with Gasteiger partial charge in [0.1, 0.15) is 5.82 Å². The van der Waals surface area contributed by atoms with Gasteiger partial charge in [0.25, 0.3) is 0 Å². The maximum atomic E-state index is 14.0. The zero-order valence-electron chi connectivity index (χ0n) is 12.2. The maximum absolute atomic E-state index is 14.0. The first kappa shape index (κ1) is 15.3. The molecule has 0 amide bonds. The third-order valence-electron chi connectivity index (χ3n) is 5.05. The first-order valence-corrected chi connectivity index (χ1v) is 8.22. The summed E-state index contributed by atoms with van der Waals surface area (Å²) in [6.07, 6.45) is 6.18. The van der Waals surface area contributed by atoms with Crippen molar-refractivity contribution in [2.45, 2.75) is 56.7 Å². The topological polar surface area (TPSA) is 29.5 Å². The number of hydrogen-bond acceptors (Lipinski definition) is 2. The first-order chi connectivity index (χ1) is 10.1. The molecule has 2 aliphatic rings. The molecule has 116 valence electrons. The van der Waals surface area contributed by atoms with Crippen molar-refractivity contribution >= 4 is 11.6 Å². The fraction of sp³-hybridized carbons (Fsp3) is 0.647. The SMILES string of the molecule is OC(Cc1cccc(Cl)c1F)C1CCOC2(CCCC2)C1. The van der Waals surface area contributed by atoms with Crippen LogP contribution in [0, 0.1) is 11.7 Å². The minimum Gasteiger partial charge on any atom is -0.392 e. The van der Waals surface area contributed by atoms with Gasteiger partial charge in [-0.2, -0.15) is 0 Å². The Balaban J connectivity index is 1.67. The molecule has 1 aromatic rings. The van der Waals surface area contributed by atoms with Crippen LogP contribution in [0.4, 0.5) is 4.39 Å². The van der Waals surface area contributed by atoms with Crippen molar-refractivity contribution in [3.05, 3.63) is 34.6 Å². The lowest BCUT2D eigenvalue weighted by molar-refractivity contribution is -0.112. The summed E-state index contributed by atoms with van der Waals surface area (Å²) in [7, 11) is 0. The Morgan fingerprint density at radius 1 is 1.38 bits per heavy atom. The second kappa shape index (κ2) is 6.23. The molecule has 2 atom stereocenters. The van der Waals surface area contributed by atoms with Gasteiger partial charge >= 0.3 is 0 Å². The molecule has 1 aromatic carbocycles. The van der Waals surface area contributed by atoms with Gasteiger partial charge in [-0.25, -0.2) is 4.39 Å². The first-order valence-electron chi connectivity index (χ1n) is 7.85. The predicted molar refractivity (Wildman–Crippen MR) is 81.0 cm³/mol. The molecule has 1 heterocycles. The molecule has 2 fully saturated rings. The van der Waals surface area contributed by atoms with Gasteiger partial charge in [-0.05, 0) is 43.2 Å². The Morgan fingerprint density at radius 3 is 2.90 bits per heavy atom. The summed E-state index contributed by atoms with van der Waals surface area (Å²) >= 11 is 5.80. The lowest BCUT2D eigenvalue weighted by atomic mass is 9.80. The third-order valence-corrected chi connectivity index (χ3v) is 5.34. The molecule has 2 unspecified atom stereocenters. The molecule has 1 spiro atoms. The molecule has 1 saturated heterocycles. The number of benzene rings is 1. The van der Waals surface area contributed by atoms with Gasteiger partial charge in [0.2, 0.25) is 0 Å². The lowest BCUT2D eigenvalue weighted by Crippen LogP contribution is -2.41. The van der Waals surface area contributed by atoms with Gasteiger partial charge < -0.3 is 9.84 Å². The summed E-state index contributed by atoms with van der Waals surface area (Å²) in [6, 6.07) is 4.97. The van der Waals surface area contributed by atoms with E-state index < -0.39 is 11.9 Å². The Labute approximate surface area is 130 Å². The number of aliphatic hydroxyl groups excluding tert-OH is 1. The van der Waals surface area contributed by atoms with Gasteiger partial charge in [0, 0.05) is 13.0 Å². The molecule has 3 rings (SSSR count). The summed E-state index contributed by atoms with van der Waals surface area (Å²) in [6.45, 7) is 0.708. The van der Waals surface area contributed by atoms with Gasteiger partial charge in [-0.3, -0.25) is 0 Å². The molecular weight excluding hydrogens is 291 g/mol. The highest BCUT2D eigenvalue weighted by molar-refractivity contribution is 6.30. The van der Waals surface area contributed by atoms with Crippen LogP contribution in [-0.2, 0) is 11.2 Å². The van der Waals surface area contributed by atoms with Crippen LogP contribution in [0.2, 0.25) is 5.02 Å². The van der Waals surface area contributed by atoms with Gasteiger partial charge in [0.15, 0.2) is 0 Å². The van der Waals surface area contributed by atoms with Crippen LogP contribution >= 0.6 is 11.6 Å². The van der Waals surface area contributed by atoms with Crippen LogP contribution < -0.4 is 0 Å². The standard InChI is InChI=1S/C17H22ClFO2/c18-14-5-3-4-12(16(14)19)10-15(20)13-6-9-21-17(11-13)7-1-2-8-17/h3-5,13,15,20H,1-2,6-11H2. The fourth-order valence-electron chi connectivity index (χ4n) is 3.86. The van der Waals surface area contributed by atoms with Crippen molar-refractivity contribution in [3.8, 4) is 0 Å². The molecule has 1 saturated carbocycles. The van der Waals surface area contributed by atoms with Gasteiger partial charge in [-0.15, -0.1) is 0 Å². The van der Waals surface area contributed by atoms with E-state index in [9.17, 15) is 9.50 Å². The number of hydrogen-bond donors (Lipinski definition) is 1. The lowest BCUT2D eigenvalue weighted by Gasteiger charge is -2.40. The normalized spacial score (nSPS) is 26.1. The number of aliphatic hydroxyl groups is 1. The van der Waals surface area contributed by atoms with E-state index in [0.29, 0.717) is 18.6 Å². The van der Waals surface area contributed by atoms with Crippen molar-refractivity contribution in [2.75, 3.05) is 6.61 Å². The fourth-order valence-corrected chi connectivity index (χ4v) is 4.05. The van der Waals surface area contributed by atoms with E-state index in [1.165, 1.54) is 18.9 Å². The van der Waals surface area contributed by atoms with Crippen LogP contribution in [0.5, 0.6) is 0 Å². The molecule has 0 aromatic heterocycles. The Hall–Kier alpha value is -0.640. The van der Waals surface area contributed by atoms with Crippen molar-refractivity contribution in [2.24, 2.45) is 5.92 Å². The minimum atomic E-state index is -0.528. The molecule has 0 bridgehead atoms. The Bertz CT molecular complexity index is 500. The van der Waals surface area contributed by atoms with E-state index in [-0.39, 0.29) is 16.5 Å². The highest BCUT2D eigenvalue weighted by Gasteiger charge is 2.41.